The van der Waals surface area contributed by atoms with Crippen molar-refractivity contribution >= 4 is 24.0 Å². The summed E-state index contributed by atoms with van der Waals surface area (Å²) in [6, 6.07) is 9.47. The molecule has 0 aliphatic carbocycles. The van der Waals surface area contributed by atoms with Gasteiger partial charge in [0.15, 0.2) is 0 Å². The Hall–Kier alpha value is -3.55. The molecule has 3 amide bonds. The number of rotatable bonds is 5. The summed E-state index contributed by atoms with van der Waals surface area (Å²) in [4.78, 5) is 37.0. The van der Waals surface area contributed by atoms with Crippen LogP contribution >= 0.6 is 0 Å². The molecule has 2 heterocycles. The molecule has 0 saturated carbocycles. The zero-order valence-corrected chi connectivity index (χ0v) is 14.1. The zero-order chi connectivity index (χ0) is 18.7. The molecule has 1 aromatic heterocycles. The minimum absolute atomic E-state index is 0.000610. The largest absolute Gasteiger partial charge is 0.496 e. The summed E-state index contributed by atoms with van der Waals surface area (Å²) in [5.41, 5.74) is 0.783. The number of amides is 3. The van der Waals surface area contributed by atoms with Gasteiger partial charge in [-0.05, 0) is 24.3 Å². The summed E-state index contributed by atoms with van der Waals surface area (Å²) in [5, 5.41) is 2.52. The van der Waals surface area contributed by atoms with E-state index in [1.54, 1.807) is 30.3 Å². The van der Waals surface area contributed by atoms with Crippen LogP contribution in [0.4, 0.5) is 4.79 Å². The fourth-order valence-corrected chi connectivity index (χ4v) is 2.49. The van der Waals surface area contributed by atoms with Crippen molar-refractivity contribution in [1.82, 2.24) is 10.2 Å². The molecule has 0 bridgehead atoms. The molecule has 1 aliphatic heterocycles. The zero-order valence-electron chi connectivity index (χ0n) is 14.1. The molecule has 2 aromatic rings. The van der Waals surface area contributed by atoms with Gasteiger partial charge in [0.05, 0.1) is 20.8 Å². The van der Waals surface area contributed by atoms with Crippen molar-refractivity contribution in [3.8, 4) is 5.75 Å². The number of para-hydroxylation sites is 1. The molecule has 1 aromatic carbocycles. The highest BCUT2D eigenvalue weighted by Gasteiger charge is 2.34. The van der Waals surface area contributed by atoms with E-state index in [0.29, 0.717) is 11.3 Å². The number of methoxy groups -OCH3 is 2. The summed E-state index contributed by atoms with van der Waals surface area (Å²) >= 11 is 0. The van der Waals surface area contributed by atoms with Crippen LogP contribution < -0.4 is 10.1 Å². The molecule has 26 heavy (non-hydrogen) atoms. The Balaban J connectivity index is 1.80. The summed E-state index contributed by atoms with van der Waals surface area (Å²) in [7, 11) is 2.76. The molecule has 0 atom stereocenters. The van der Waals surface area contributed by atoms with E-state index < -0.39 is 17.9 Å². The number of carbonyl (C=O) groups is 3. The lowest BCUT2D eigenvalue weighted by Gasteiger charge is -2.09. The summed E-state index contributed by atoms with van der Waals surface area (Å²) < 4.78 is 15.1. The van der Waals surface area contributed by atoms with Crippen molar-refractivity contribution in [3.05, 3.63) is 59.2 Å². The molecule has 0 radical (unpaired) electrons. The van der Waals surface area contributed by atoms with Crippen LogP contribution in [0.25, 0.3) is 6.08 Å². The van der Waals surface area contributed by atoms with E-state index in [0.717, 1.165) is 4.90 Å². The van der Waals surface area contributed by atoms with E-state index in [4.69, 9.17) is 9.15 Å². The normalized spacial score (nSPS) is 15.3. The van der Waals surface area contributed by atoms with Gasteiger partial charge in [0.2, 0.25) is 5.76 Å². The first kappa shape index (κ1) is 17.3. The van der Waals surface area contributed by atoms with Crippen molar-refractivity contribution in [2.75, 3.05) is 14.2 Å². The number of nitrogens with one attached hydrogen (secondary N) is 1. The highest BCUT2D eigenvalue weighted by atomic mass is 16.5. The van der Waals surface area contributed by atoms with Crippen LogP contribution in [-0.4, -0.2) is 37.0 Å². The van der Waals surface area contributed by atoms with Crippen molar-refractivity contribution in [2.24, 2.45) is 0 Å². The van der Waals surface area contributed by atoms with Crippen molar-refractivity contribution in [3.63, 3.8) is 0 Å². The maximum atomic E-state index is 12.5. The van der Waals surface area contributed by atoms with Crippen LogP contribution in [-0.2, 0) is 16.1 Å². The van der Waals surface area contributed by atoms with E-state index in [2.05, 4.69) is 10.1 Å². The first-order chi connectivity index (χ1) is 12.5. The highest BCUT2D eigenvalue weighted by Crippen LogP contribution is 2.23. The van der Waals surface area contributed by atoms with E-state index >= 15 is 0 Å². The summed E-state index contributed by atoms with van der Waals surface area (Å²) in [6.45, 7) is -0.106. The van der Waals surface area contributed by atoms with Gasteiger partial charge in [-0.25, -0.2) is 9.59 Å². The monoisotopic (exact) mass is 356 g/mol. The first-order valence-electron chi connectivity index (χ1n) is 7.68. The van der Waals surface area contributed by atoms with Crippen molar-refractivity contribution in [2.45, 2.75) is 6.54 Å². The number of urea groups is 1. The molecular weight excluding hydrogens is 340 g/mol. The first-order valence-corrected chi connectivity index (χ1v) is 7.68. The lowest BCUT2D eigenvalue weighted by molar-refractivity contribution is -0.123. The van der Waals surface area contributed by atoms with Gasteiger partial charge >= 0.3 is 12.0 Å². The standard InChI is InChI=1S/C18H16N2O6/c1-24-14-6-4-3-5-11(14)9-13-16(21)20(18(23)19-13)10-12-7-8-15(26-12)17(22)25-2/h3-9H,10H2,1-2H3,(H,19,23)/b13-9-. The fraction of sp³-hybridized carbons (Fsp3) is 0.167. The van der Waals surface area contributed by atoms with Crippen molar-refractivity contribution in [1.29, 1.82) is 0 Å². The predicted octanol–water partition coefficient (Wildman–Crippen LogP) is 2.17. The second-order valence-electron chi connectivity index (χ2n) is 5.38. The molecule has 1 saturated heterocycles. The number of imide groups is 1. The maximum Gasteiger partial charge on any atom is 0.373 e. The van der Waals surface area contributed by atoms with Gasteiger partial charge in [-0.3, -0.25) is 9.69 Å². The Morgan fingerprint density at radius 1 is 1.19 bits per heavy atom. The SMILES string of the molecule is COC(=O)c1ccc(CN2C(=O)N/C(=C\c3ccccc3OC)C2=O)o1. The molecule has 1 aliphatic rings. The van der Waals surface area contributed by atoms with Crippen LogP contribution in [0.2, 0.25) is 0 Å². The maximum absolute atomic E-state index is 12.5. The van der Waals surface area contributed by atoms with Gasteiger partial charge in [-0.1, -0.05) is 18.2 Å². The number of benzene rings is 1. The van der Waals surface area contributed by atoms with E-state index in [1.165, 1.54) is 26.4 Å². The topological polar surface area (TPSA) is 98.1 Å². The second kappa shape index (κ2) is 7.14. The Kier molecular flexibility index (Phi) is 4.74. The number of ether oxygens (including phenoxy) is 2. The molecule has 1 N–H and O–H groups in total. The summed E-state index contributed by atoms with van der Waals surface area (Å²) in [6.07, 6.45) is 1.54. The minimum atomic E-state index is -0.634. The quantitative estimate of drug-likeness (QED) is 0.501. The van der Waals surface area contributed by atoms with Crippen LogP contribution in [0, 0.1) is 0 Å². The lowest BCUT2D eigenvalue weighted by atomic mass is 10.1. The van der Waals surface area contributed by atoms with Crippen molar-refractivity contribution < 1.29 is 28.3 Å². The molecule has 3 rings (SSSR count). The molecular formula is C18H16N2O6. The van der Waals surface area contributed by atoms with E-state index in [-0.39, 0.29) is 23.8 Å². The Morgan fingerprint density at radius 3 is 2.69 bits per heavy atom. The van der Waals surface area contributed by atoms with E-state index in [9.17, 15) is 14.4 Å². The Labute approximate surface area is 149 Å². The number of hydrogen-bond donors (Lipinski definition) is 1. The van der Waals surface area contributed by atoms with Gasteiger partial charge in [0, 0.05) is 5.56 Å². The summed E-state index contributed by atoms with van der Waals surface area (Å²) in [5.74, 6) is -0.275. The third kappa shape index (κ3) is 3.30. The average Bonchev–Trinajstić information content (AvgIpc) is 3.22. The van der Waals surface area contributed by atoms with E-state index in [1.807, 2.05) is 0 Å². The van der Waals surface area contributed by atoms with Gasteiger partial charge in [-0.2, -0.15) is 0 Å². The molecule has 0 unspecified atom stereocenters. The number of esters is 1. The van der Waals surface area contributed by atoms with Gasteiger partial charge < -0.3 is 19.2 Å². The Morgan fingerprint density at radius 2 is 1.96 bits per heavy atom. The predicted molar refractivity (Wildman–Crippen MR) is 90.1 cm³/mol. The molecule has 8 heteroatoms. The number of hydrogen-bond acceptors (Lipinski definition) is 6. The van der Waals surface area contributed by atoms with Crippen LogP contribution in [0.3, 0.4) is 0 Å². The van der Waals surface area contributed by atoms with Gasteiger partial charge in [0.1, 0.15) is 17.2 Å². The van der Waals surface area contributed by atoms with Gasteiger partial charge in [0.25, 0.3) is 5.91 Å². The average molecular weight is 356 g/mol. The molecule has 8 nitrogen and oxygen atoms in total. The smallest absolute Gasteiger partial charge is 0.373 e. The van der Waals surface area contributed by atoms with Crippen LogP contribution in [0.15, 0.2) is 46.5 Å². The van der Waals surface area contributed by atoms with Gasteiger partial charge in [-0.15, -0.1) is 0 Å². The fourth-order valence-electron chi connectivity index (χ4n) is 2.49. The minimum Gasteiger partial charge on any atom is -0.496 e. The Bertz CT molecular complexity index is 899. The number of carbonyl (C=O) groups excluding carboxylic acids is 3. The third-order valence-corrected chi connectivity index (χ3v) is 3.76. The second-order valence-corrected chi connectivity index (χ2v) is 5.38. The molecule has 1 fully saturated rings. The molecule has 0 spiro atoms. The third-order valence-electron chi connectivity index (χ3n) is 3.76. The lowest BCUT2D eigenvalue weighted by Crippen LogP contribution is -2.30. The molecule has 134 valence electrons. The highest BCUT2D eigenvalue weighted by molar-refractivity contribution is 6.14. The number of furan rings is 1. The number of nitrogens with zero attached hydrogens (tertiary/aromatic N) is 1. The van der Waals surface area contributed by atoms with Crippen LogP contribution in [0.1, 0.15) is 21.9 Å². The van der Waals surface area contributed by atoms with Crippen LogP contribution in [0.5, 0.6) is 5.75 Å².